The molecule has 1 fully saturated rings. The zero-order valence-corrected chi connectivity index (χ0v) is 27.8. The van der Waals surface area contributed by atoms with Crippen molar-refractivity contribution in [3.05, 3.63) is 87.4 Å². The number of nitrogens with zero attached hydrogens (tertiary/aromatic N) is 2. The highest BCUT2D eigenvalue weighted by Gasteiger charge is 2.59. The first-order valence-electron chi connectivity index (χ1n) is 15.0. The van der Waals surface area contributed by atoms with E-state index in [1.807, 2.05) is 43.3 Å². The lowest BCUT2D eigenvalue weighted by Gasteiger charge is -2.45. The average Bonchev–Trinajstić information content (AvgIpc) is 3.30. The molecular formula is C33H37BrN4O6S. The molecule has 45 heavy (non-hydrogen) atoms. The van der Waals surface area contributed by atoms with Crippen LogP contribution in [0.15, 0.2) is 75.1 Å². The van der Waals surface area contributed by atoms with Crippen molar-refractivity contribution in [3.8, 4) is 11.5 Å². The standard InChI is InChI=1S/C33H37BrN4O6S/c1-20-9-11-26(12-10-20)45(41,42)37-36-24-13-21(2)33-16-25(19-39)38(32(40)35-17-22-7-5-4-6-8-22)18-23-14-27(43-3)30(34)31(29(23)33)44-28(33)15-24/h4-12,14,21,25,28,37,39H,13,15-19H2,1-3H3,(H,35,40)/b36-24+/t21-,25+,28-,33+/m1/s1. The summed E-state index contributed by atoms with van der Waals surface area (Å²) in [6, 6.07) is 17.5. The van der Waals surface area contributed by atoms with Gasteiger partial charge in [-0.05, 0) is 70.9 Å². The molecule has 0 radical (unpaired) electrons. The van der Waals surface area contributed by atoms with E-state index in [1.165, 1.54) is 0 Å². The SMILES string of the molecule is COc1cc2c3c(c1Br)O[C@@H]1C/C(=N/NS(=O)(=O)c4ccc(C)cc4)C[C@@H](C)[C@]31C[C@@H](CO)N(C(=O)NCc1ccccc1)C2. The molecule has 1 spiro atoms. The maximum absolute atomic E-state index is 13.7. The molecule has 6 rings (SSSR count). The molecule has 3 N–H and O–H groups in total. The van der Waals surface area contributed by atoms with Crippen LogP contribution in [0.2, 0.25) is 0 Å². The Morgan fingerprint density at radius 1 is 1.18 bits per heavy atom. The molecule has 3 aliphatic rings. The number of benzene rings is 3. The Labute approximate surface area is 272 Å². The number of rotatable bonds is 7. The van der Waals surface area contributed by atoms with Crippen molar-refractivity contribution in [2.75, 3.05) is 13.7 Å². The highest BCUT2D eigenvalue weighted by atomic mass is 79.9. The van der Waals surface area contributed by atoms with Gasteiger partial charge >= 0.3 is 6.03 Å². The fourth-order valence-corrected chi connectivity index (χ4v) is 8.51. The Morgan fingerprint density at radius 3 is 2.60 bits per heavy atom. The van der Waals surface area contributed by atoms with Crippen molar-refractivity contribution in [3.63, 3.8) is 0 Å². The van der Waals surface area contributed by atoms with Crippen LogP contribution < -0.4 is 19.6 Å². The van der Waals surface area contributed by atoms with Gasteiger partial charge in [-0.2, -0.15) is 13.5 Å². The predicted molar refractivity (Wildman–Crippen MR) is 174 cm³/mol. The second-order valence-corrected chi connectivity index (χ2v) is 14.6. The van der Waals surface area contributed by atoms with E-state index in [0.29, 0.717) is 47.5 Å². The number of carbonyl (C=O) groups is 1. The van der Waals surface area contributed by atoms with Crippen LogP contribution in [0, 0.1) is 12.8 Å². The number of hydrogen-bond acceptors (Lipinski definition) is 7. The second kappa shape index (κ2) is 12.3. The first-order chi connectivity index (χ1) is 21.6. The Bertz CT molecular complexity index is 1730. The second-order valence-electron chi connectivity index (χ2n) is 12.1. The number of halogens is 1. The fourth-order valence-electron chi connectivity index (χ4n) is 7.09. The minimum absolute atomic E-state index is 0.0550. The number of hydrazone groups is 1. The lowest BCUT2D eigenvalue weighted by molar-refractivity contribution is 0.0517. The van der Waals surface area contributed by atoms with Crippen LogP contribution in [0.5, 0.6) is 11.5 Å². The molecule has 238 valence electrons. The van der Waals surface area contributed by atoms with Gasteiger partial charge in [-0.1, -0.05) is 55.0 Å². The van der Waals surface area contributed by atoms with Crippen molar-refractivity contribution in [2.45, 2.75) is 68.7 Å². The van der Waals surface area contributed by atoms with Crippen molar-refractivity contribution in [1.82, 2.24) is 15.0 Å². The van der Waals surface area contributed by atoms with Crippen molar-refractivity contribution in [1.29, 1.82) is 0 Å². The van der Waals surface area contributed by atoms with Crippen molar-refractivity contribution < 1.29 is 27.8 Å². The third-order valence-electron chi connectivity index (χ3n) is 9.40. The van der Waals surface area contributed by atoms with Gasteiger partial charge < -0.3 is 24.8 Å². The summed E-state index contributed by atoms with van der Waals surface area (Å²) in [7, 11) is -2.26. The molecule has 0 unspecified atom stereocenters. The Balaban J connectivity index is 1.33. The van der Waals surface area contributed by atoms with E-state index in [9.17, 15) is 18.3 Å². The molecule has 4 atom stereocenters. The van der Waals surface area contributed by atoms with Gasteiger partial charge in [0.2, 0.25) is 0 Å². The van der Waals surface area contributed by atoms with Crippen LogP contribution in [0.4, 0.5) is 4.79 Å². The zero-order chi connectivity index (χ0) is 31.9. The summed E-state index contributed by atoms with van der Waals surface area (Å²) in [4.78, 5) is 18.0. The van der Waals surface area contributed by atoms with Crippen LogP contribution in [0.25, 0.3) is 0 Å². The van der Waals surface area contributed by atoms with Gasteiger partial charge in [-0.3, -0.25) is 0 Å². The summed E-state index contributed by atoms with van der Waals surface area (Å²) in [5, 5.41) is 18.1. The van der Waals surface area contributed by atoms with Crippen molar-refractivity contribution in [2.24, 2.45) is 11.0 Å². The summed E-state index contributed by atoms with van der Waals surface area (Å²) < 4.78 is 39.1. The number of ether oxygens (including phenoxy) is 2. The summed E-state index contributed by atoms with van der Waals surface area (Å²) >= 11 is 3.70. The zero-order valence-electron chi connectivity index (χ0n) is 25.4. The van der Waals surface area contributed by atoms with E-state index in [4.69, 9.17) is 9.47 Å². The molecule has 1 saturated carbocycles. The highest BCUT2D eigenvalue weighted by molar-refractivity contribution is 9.10. The fraction of sp³-hybridized carbons (Fsp3) is 0.394. The molecule has 2 amide bonds. The Kier molecular flexibility index (Phi) is 8.57. The smallest absolute Gasteiger partial charge is 0.318 e. The number of nitrogens with one attached hydrogen (secondary N) is 2. The van der Waals surface area contributed by atoms with Crippen molar-refractivity contribution >= 4 is 37.7 Å². The van der Waals surface area contributed by atoms with Crippen LogP contribution in [-0.4, -0.2) is 56.0 Å². The lowest BCUT2D eigenvalue weighted by atomic mass is 9.59. The van der Waals surface area contributed by atoms with Crippen LogP contribution in [-0.2, 0) is 28.5 Å². The third-order valence-corrected chi connectivity index (χ3v) is 11.4. The molecule has 3 aromatic carbocycles. The number of aryl methyl sites for hydroxylation is 1. The van der Waals surface area contributed by atoms with Gasteiger partial charge in [0.1, 0.15) is 22.1 Å². The molecule has 0 aromatic heterocycles. The van der Waals surface area contributed by atoms with Crippen LogP contribution >= 0.6 is 15.9 Å². The molecule has 3 aromatic rings. The summed E-state index contributed by atoms with van der Waals surface area (Å²) in [6.45, 7) is 4.41. The van der Waals surface area contributed by atoms with Gasteiger partial charge in [0.15, 0.2) is 0 Å². The monoisotopic (exact) mass is 696 g/mol. The van der Waals surface area contributed by atoms with Gasteiger partial charge in [-0.15, -0.1) is 0 Å². The van der Waals surface area contributed by atoms with E-state index in [2.05, 4.69) is 38.1 Å². The quantitative estimate of drug-likeness (QED) is 0.298. The van der Waals surface area contributed by atoms with Crippen LogP contribution in [0.1, 0.15) is 48.4 Å². The number of aliphatic hydroxyl groups excluding tert-OH is 1. The molecule has 1 aliphatic carbocycles. The minimum atomic E-state index is -3.85. The van der Waals surface area contributed by atoms with E-state index >= 15 is 0 Å². The molecule has 12 heteroatoms. The van der Waals surface area contributed by atoms with Gasteiger partial charge in [0.05, 0.1) is 24.7 Å². The van der Waals surface area contributed by atoms with Gasteiger partial charge in [-0.25, -0.2) is 9.63 Å². The number of carbonyl (C=O) groups excluding carboxylic acids is 1. The predicted octanol–water partition coefficient (Wildman–Crippen LogP) is 5.01. The molecule has 2 aliphatic heterocycles. The third kappa shape index (κ3) is 5.68. The maximum Gasteiger partial charge on any atom is 0.318 e. The molecular weight excluding hydrogens is 660 g/mol. The maximum atomic E-state index is 13.7. The number of aliphatic hydroxyl groups is 1. The largest absolute Gasteiger partial charge is 0.495 e. The van der Waals surface area contributed by atoms with E-state index in [1.54, 1.807) is 36.3 Å². The number of hydrogen-bond donors (Lipinski definition) is 3. The van der Waals surface area contributed by atoms with E-state index in [0.717, 1.165) is 22.3 Å². The summed E-state index contributed by atoms with van der Waals surface area (Å²) in [5.41, 5.74) is 3.95. The van der Waals surface area contributed by atoms with Crippen LogP contribution in [0.3, 0.4) is 0 Å². The average molecular weight is 698 g/mol. The molecule has 2 heterocycles. The summed E-state index contributed by atoms with van der Waals surface area (Å²) in [5.74, 6) is 1.18. The van der Waals surface area contributed by atoms with E-state index in [-0.39, 0.29) is 30.0 Å². The number of methoxy groups -OCH3 is 1. The summed E-state index contributed by atoms with van der Waals surface area (Å²) in [6.07, 6.45) is 0.955. The topological polar surface area (TPSA) is 130 Å². The molecule has 10 nitrogen and oxygen atoms in total. The normalized spacial score (nSPS) is 24.7. The molecule has 0 bridgehead atoms. The first-order valence-corrected chi connectivity index (χ1v) is 17.2. The Hall–Kier alpha value is -3.61. The van der Waals surface area contributed by atoms with Gasteiger partial charge in [0.25, 0.3) is 10.0 Å². The number of sulfonamides is 1. The lowest BCUT2D eigenvalue weighted by Crippen LogP contribution is -2.54. The number of urea groups is 1. The van der Waals surface area contributed by atoms with E-state index < -0.39 is 27.6 Å². The minimum Gasteiger partial charge on any atom is -0.495 e. The first kappa shape index (κ1) is 31.4. The Morgan fingerprint density at radius 2 is 1.91 bits per heavy atom. The highest BCUT2D eigenvalue weighted by Crippen LogP contribution is 2.60. The van der Waals surface area contributed by atoms with Gasteiger partial charge in [0, 0.05) is 36.2 Å². The molecule has 0 saturated heterocycles. The number of amides is 2.